The summed E-state index contributed by atoms with van der Waals surface area (Å²) in [5.41, 5.74) is 4.67. The summed E-state index contributed by atoms with van der Waals surface area (Å²) in [7, 11) is -1.70. The van der Waals surface area contributed by atoms with Crippen molar-refractivity contribution in [3.05, 3.63) is 53.1 Å². The smallest absolute Gasteiger partial charge is 0.0737 e. The van der Waals surface area contributed by atoms with Gasteiger partial charge in [-0.05, 0) is 26.3 Å². The van der Waals surface area contributed by atoms with Crippen LogP contribution in [0.4, 0.5) is 0 Å². The van der Waals surface area contributed by atoms with Crippen LogP contribution in [0.25, 0.3) is 0 Å². The first-order valence-corrected chi connectivity index (χ1v) is 18.0. The van der Waals surface area contributed by atoms with Gasteiger partial charge < -0.3 is 0 Å². The molecule has 0 saturated carbocycles. The van der Waals surface area contributed by atoms with E-state index in [9.17, 15) is 0 Å². The molecule has 0 spiro atoms. The lowest BCUT2D eigenvalue weighted by Crippen LogP contribution is -2.53. The Morgan fingerprint density at radius 3 is 1.46 bits per heavy atom. The maximum atomic E-state index is 2.67. The molecule has 2 atom stereocenters. The van der Waals surface area contributed by atoms with Crippen molar-refractivity contribution in [3.8, 4) is 0 Å². The molecule has 0 N–H and O–H groups in total. The van der Waals surface area contributed by atoms with E-state index in [4.69, 9.17) is 0 Å². The molecular weight excluding hydrogens is 436 g/mol. The van der Waals surface area contributed by atoms with Crippen molar-refractivity contribution in [2.45, 2.75) is 155 Å². The first-order chi connectivity index (χ1) is 16.9. The van der Waals surface area contributed by atoms with Gasteiger partial charge >= 0.3 is 0 Å². The Bertz CT molecular complexity index is 773. The zero-order valence-electron chi connectivity index (χ0n) is 24.5. The number of unbranched alkanes of at least 4 members (excludes halogenated alkanes) is 15. The Morgan fingerprint density at radius 2 is 1.06 bits per heavy atom. The van der Waals surface area contributed by atoms with Crippen molar-refractivity contribution in [2.75, 3.05) is 0 Å². The van der Waals surface area contributed by atoms with E-state index < -0.39 is 8.07 Å². The van der Waals surface area contributed by atoms with Gasteiger partial charge in [0.15, 0.2) is 0 Å². The normalized spacial score (nSPS) is 19.8. The Kier molecular flexibility index (Phi) is 13.7. The molecule has 2 rings (SSSR count). The average molecular weight is 495 g/mol. The highest BCUT2D eigenvalue weighted by molar-refractivity contribution is 6.94. The standard InChI is InChI=1S/C34H58Si/c1-7-8-9-10-11-12-13-14-15-16-17-18-19-20-21-25-28-35(6,33-26-23-22-24-27-33)34(5)29-30(2)31(3)32(34)4/h22-24,26-27,29H,7-21,25,28H2,1-6H3. The average Bonchev–Trinajstić information content (AvgIpc) is 3.07. The molecule has 198 valence electrons. The quantitative estimate of drug-likeness (QED) is 0.132. The highest BCUT2D eigenvalue weighted by atomic mass is 28.3. The van der Waals surface area contributed by atoms with Gasteiger partial charge in [-0.2, -0.15) is 0 Å². The van der Waals surface area contributed by atoms with Crippen LogP contribution in [-0.4, -0.2) is 8.07 Å². The first-order valence-electron chi connectivity index (χ1n) is 15.3. The van der Waals surface area contributed by atoms with Crippen LogP contribution in [0.15, 0.2) is 53.1 Å². The maximum Gasteiger partial charge on any atom is 0.0976 e. The van der Waals surface area contributed by atoms with Gasteiger partial charge in [0.25, 0.3) is 0 Å². The van der Waals surface area contributed by atoms with E-state index in [1.165, 1.54) is 120 Å². The molecule has 0 nitrogen and oxygen atoms in total. The Balaban J connectivity index is 1.66. The fourth-order valence-corrected chi connectivity index (χ4v) is 11.3. The third-order valence-electron chi connectivity index (χ3n) is 9.53. The largest absolute Gasteiger partial charge is 0.0976 e. The summed E-state index contributed by atoms with van der Waals surface area (Å²) >= 11 is 0. The molecule has 0 bridgehead atoms. The lowest BCUT2D eigenvalue weighted by atomic mass is 10.0. The van der Waals surface area contributed by atoms with Crippen LogP contribution in [0.2, 0.25) is 17.6 Å². The van der Waals surface area contributed by atoms with E-state index in [-0.39, 0.29) is 5.04 Å². The lowest BCUT2D eigenvalue weighted by molar-refractivity contribution is 0.531. The van der Waals surface area contributed by atoms with Crippen molar-refractivity contribution in [3.63, 3.8) is 0 Å². The SMILES string of the molecule is CCCCCCCCCCCCCCCCCC[Si](C)(c1ccccc1)C1(C)C=C(C)C(C)=C1C. The van der Waals surface area contributed by atoms with E-state index in [2.05, 4.69) is 77.6 Å². The van der Waals surface area contributed by atoms with Crippen LogP contribution in [0, 0.1) is 0 Å². The summed E-state index contributed by atoms with van der Waals surface area (Å²) < 4.78 is 0. The molecule has 0 fully saturated rings. The summed E-state index contributed by atoms with van der Waals surface area (Å²) in [5.74, 6) is 0. The van der Waals surface area contributed by atoms with Gasteiger partial charge in [0.1, 0.15) is 0 Å². The monoisotopic (exact) mass is 494 g/mol. The van der Waals surface area contributed by atoms with Crippen molar-refractivity contribution < 1.29 is 0 Å². The second-order valence-electron chi connectivity index (χ2n) is 12.0. The van der Waals surface area contributed by atoms with Gasteiger partial charge in [0, 0.05) is 5.04 Å². The Hall–Kier alpha value is -1.08. The summed E-state index contributed by atoms with van der Waals surface area (Å²) in [6.45, 7) is 14.6. The Morgan fingerprint density at radius 1 is 0.629 bits per heavy atom. The number of benzene rings is 1. The number of hydrogen-bond acceptors (Lipinski definition) is 0. The third-order valence-corrected chi connectivity index (χ3v) is 15.3. The minimum absolute atomic E-state index is 0.248. The molecule has 0 amide bonds. The van der Waals surface area contributed by atoms with E-state index in [1.54, 1.807) is 10.8 Å². The van der Waals surface area contributed by atoms with E-state index in [0.717, 1.165) is 0 Å². The fourth-order valence-electron chi connectivity index (χ4n) is 6.44. The van der Waals surface area contributed by atoms with Gasteiger partial charge in [0.05, 0.1) is 8.07 Å². The molecule has 1 heteroatoms. The molecule has 0 heterocycles. The summed E-state index contributed by atoms with van der Waals surface area (Å²) in [6, 6.07) is 12.9. The predicted molar refractivity (Wildman–Crippen MR) is 163 cm³/mol. The molecule has 0 radical (unpaired) electrons. The minimum atomic E-state index is -1.70. The van der Waals surface area contributed by atoms with E-state index in [0.29, 0.717) is 0 Å². The van der Waals surface area contributed by atoms with Crippen molar-refractivity contribution in [1.29, 1.82) is 0 Å². The second-order valence-corrected chi connectivity index (χ2v) is 16.8. The van der Waals surface area contributed by atoms with Gasteiger partial charge in [-0.15, -0.1) is 0 Å². The number of hydrogen-bond donors (Lipinski definition) is 0. The number of allylic oxidation sites excluding steroid dienone is 4. The Labute approximate surface area is 221 Å². The molecular formula is C34H58Si. The number of rotatable bonds is 19. The molecule has 0 aliphatic heterocycles. The maximum absolute atomic E-state index is 2.67. The van der Waals surface area contributed by atoms with Gasteiger partial charge in [0.2, 0.25) is 0 Å². The third kappa shape index (κ3) is 8.76. The van der Waals surface area contributed by atoms with Crippen molar-refractivity contribution in [2.24, 2.45) is 0 Å². The van der Waals surface area contributed by atoms with Crippen LogP contribution in [0.1, 0.15) is 137 Å². The second kappa shape index (κ2) is 15.9. The van der Waals surface area contributed by atoms with Crippen LogP contribution in [0.5, 0.6) is 0 Å². The molecule has 0 saturated heterocycles. The molecule has 1 aromatic rings. The lowest BCUT2D eigenvalue weighted by Gasteiger charge is -2.44. The van der Waals surface area contributed by atoms with Crippen LogP contribution in [0.3, 0.4) is 0 Å². The van der Waals surface area contributed by atoms with E-state index in [1.807, 2.05) is 0 Å². The van der Waals surface area contributed by atoms with Gasteiger partial charge in [-0.25, -0.2) is 0 Å². The molecule has 1 aliphatic rings. The van der Waals surface area contributed by atoms with Crippen molar-refractivity contribution >= 4 is 13.3 Å². The zero-order valence-corrected chi connectivity index (χ0v) is 25.5. The zero-order chi connectivity index (χ0) is 25.6. The summed E-state index contributed by atoms with van der Waals surface area (Å²) in [4.78, 5) is 0. The van der Waals surface area contributed by atoms with Gasteiger partial charge in [-0.3, -0.25) is 0 Å². The highest BCUT2D eigenvalue weighted by Gasteiger charge is 2.49. The fraction of sp³-hybridized carbons (Fsp3) is 0.706. The minimum Gasteiger partial charge on any atom is -0.0737 e. The summed E-state index contributed by atoms with van der Waals surface area (Å²) in [5, 5.41) is 1.89. The molecule has 1 aromatic carbocycles. The summed E-state index contributed by atoms with van der Waals surface area (Å²) in [6.07, 6.45) is 25.7. The predicted octanol–water partition coefficient (Wildman–Crippen LogP) is 11.3. The molecule has 35 heavy (non-hydrogen) atoms. The van der Waals surface area contributed by atoms with Crippen molar-refractivity contribution in [1.82, 2.24) is 0 Å². The topological polar surface area (TPSA) is 0 Å². The molecule has 1 aliphatic carbocycles. The van der Waals surface area contributed by atoms with E-state index >= 15 is 0 Å². The highest BCUT2D eigenvalue weighted by Crippen LogP contribution is 2.54. The first kappa shape index (κ1) is 30.1. The van der Waals surface area contributed by atoms with Crippen LogP contribution >= 0.6 is 0 Å². The molecule has 0 aromatic heterocycles. The van der Waals surface area contributed by atoms with Crippen LogP contribution in [-0.2, 0) is 0 Å². The molecule has 2 unspecified atom stereocenters. The van der Waals surface area contributed by atoms with Crippen LogP contribution < -0.4 is 5.19 Å². The van der Waals surface area contributed by atoms with Gasteiger partial charge in [-0.1, -0.05) is 182 Å².